The van der Waals surface area contributed by atoms with Gasteiger partial charge < -0.3 is 10.5 Å². The topological polar surface area (TPSA) is 59.0 Å². The molecule has 0 fully saturated rings. The molecule has 0 spiro atoms. The molecule has 0 amide bonds. The molecule has 14 heavy (non-hydrogen) atoms. The third kappa shape index (κ3) is 3.54. The van der Waals surface area contributed by atoms with Crippen molar-refractivity contribution in [2.45, 2.75) is 0 Å². The fourth-order valence-corrected chi connectivity index (χ4v) is 1.21. The van der Waals surface area contributed by atoms with E-state index in [4.69, 9.17) is 15.7 Å². The van der Waals surface area contributed by atoms with E-state index in [1.165, 1.54) is 0 Å². The SMILES string of the molecule is Cl.N#Cc1ccc(Br)c(OCCN)c1. The summed E-state index contributed by atoms with van der Waals surface area (Å²) in [6, 6.07) is 7.22. The van der Waals surface area contributed by atoms with Crippen LogP contribution >= 0.6 is 28.3 Å². The quantitative estimate of drug-likeness (QED) is 0.920. The summed E-state index contributed by atoms with van der Waals surface area (Å²) in [7, 11) is 0. The monoisotopic (exact) mass is 276 g/mol. The lowest BCUT2D eigenvalue weighted by atomic mass is 10.2. The van der Waals surface area contributed by atoms with Gasteiger partial charge in [0.05, 0.1) is 16.1 Å². The van der Waals surface area contributed by atoms with Gasteiger partial charge in [0.15, 0.2) is 0 Å². The van der Waals surface area contributed by atoms with Gasteiger partial charge in [-0.15, -0.1) is 12.4 Å². The molecular weight excluding hydrogens is 267 g/mol. The van der Waals surface area contributed by atoms with Gasteiger partial charge >= 0.3 is 0 Å². The molecule has 3 nitrogen and oxygen atoms in total. The Morgan fingerprint density at radius 1 is 1.50 bits per heavy atom. The van der Waals surface area contributed by atoms with Crippen molar-refractivity contribution in [1.82, 2.24) is 0 Å². The summed E-state index contributed by atoms with van der Waals surface area (Å²) in [5, 5.41) is 8.63. The zero-order valence-corrected chi connectivity index (χ0v) is 9.77. The normalized spacial score (nSPS) is 8.64. The Morgan fingerprint density at radius 2 is 2.21 bits per heavy atom. The molecule has 0 bridgehead atoms. The zero-order chi connectivity index (χ0) is 9.68. The highest BCUT2D eigenvalue weighted by Gasteiger charge is 2.01. The molecule has 0 atom stereocenters. The van der Waals surface area contributed by atoms with E-state index in [0.717, 1.165) is 4.47 Å². The van der Waals surface area contributed by atoms with Crippen LogP contribution in [-0.4, -0.2) is 13.2 Å². The van der Waals surface area contributed by atoms with Crippen LogP contribution in [0.1, 0.15) is 5.56 Å². The third-order valence-corrected chi connectivity index (χ3v) is 2.09. The van der Waals surface area contributed by atoms with Crippen LogP contribution in [0.4, 0.5) is 0 Å². The van der Waals surface area contributed by atoms with Gasteiger partial charge in [0, 0.05) is 6.54 Å². The highest BCUT2D eigenvalue weighted by atomic mass is 79.9. The van der Waals surface area contributed by atoms with E-state index in [-0.39, 0.29) is 12.4 Å². The summed E-state index contributed by atoms with van der Waals surface area (Å²) in [4.78, 5) is 0. The second-order valence-electron chi connectivity index (χ2n) is 2.39. The second-order valence-corrected chi connectivity index (χ2v) is 3.25. The average molecular weight is 278 g/mol. The fourth-order valence-electron chi connectivity index (χ4n) is 0.852. The first-order chi connectivity index (χ1) is 6.27. The Labute approximate surface area is 97.4 Å². The molecule has 1 rings (SSSR count). The highest BCUT2D eigenvalue weighted by molar-refractivity contribution is 9.10. The first-order valence-electron chi connectivity index (χ1n) is 3.80. The molecule has 2 N–H and O–H groups in total. The molecule has 0 aliphatic heterocycles. The van der Waals surface area contributed by atoms with Crippen LogP contribution in [0.2, 0.25) is 0 Å². The number of nitrogens with zero attached hydrogens (tertiary/aromatic N) is 1. The number of benzene rings is 1. The molecule has 0 saturated carbocycles. The van der Waals surface area contributed by atoms with Crippen molar-refractivity contribution in [1.29, 1.82) is 5.26 Å². The summed E-state index contributed by atoms with van der Waals surface area (Å²) in [5.74, 6) is 0.657. The van der Waals surface area contributed by atoms with Crippen LogP contribution in [0.15, 0.2) is 22.7 Å². The first kappa shape index (κ1) is 13.2. The molecule has 5 heteroatoms. The lowest BCUT2D eigenvalue weighted by Crippen LogP contribution is -2.10. The lowest BCUT2D eigenvalue weighted by molar-refractivity contribution is 0.326. The van der Waals surface area contributed by atoms with E-state index in [1.807, 2.05) is 6.07 Å². The van der Waals surface area contributed by atoms with Crippen LogP contribution in [0, 0.1) is 11.3 Å². The van der Waals surface area contributed by atoms with Gasteiger partial charge in [0.25, 0.3) is 0 Å². The van der Waals surface area contributed by atoms with E-state index >= 15 is 0 Å². The summed E-state index contributed by atoms with van der Waals surface area (Å²) >= 11 is 3.31. The molecule has 0 aliphatic rings. The van der Waals surface area contributed by atoms with Gasteiger partial charge in [0.1, 0.15) is 12.4 Å². The maximum absolute atomic E-state index is 8.63. The Morgan fingerprint density at radius 3 is 2.79 bits per heavy atom. The van der Waals surface area contributed by atoms with Crippen molar-refractivity contribution in [2.24, 2.45) is 5.73 Å². The van der Waals surface area contributed by atoms with Crippen LogP contribution in [-0.2, 0) is 0 Å². The van der Waals surface area contributed by atoms with E-state index in [1.54, 1.807) is 18.2 Å². The molecule has 0 saturated heterocycles. The molecule has 0 unspecified atom stereocenters. The van der Waals surface area contributed by atoms with Crippen molar-refractivity contribution in [3.05, 3.63) is 28.2 Å². The van der Waals surface area contributed by atoms with Gasteiger partial charge in [-0.3, -0.25) is 0 Å². The van der Waals surface area contributed by atoms with E-state index in [0.29, 0.717) is 24.5 Å². The van der Waals surface area contributed by atoms with Crippen molar-refractivity contribution < 1.29 is 4.74 Å². The molecule has 0 radical (unpaired) electrons. The molecular formula is C9H10BrClN2O. The number of nitrogens with two attached hydrogens (primary N) is 1. The molecule has 0 aliphatic carbocycles. The number of ether oxygens (including phenoxy) is 1. The van der Waals surface area contributed by atoms with Crippen LogP contribution in [0.25, 0.3) is 0 Å². The summed E-state index contributed by atoms with van der Waals surface area (Å²) in [6.07, 6.45) is 0. The van der Waals surface area contributed by atoms with Crippen molar-refractivity contribution in [2.75, 3.05) is 13.2 Å². The van der Waals surface area contributed by atoms with Gasteiger partial charge in [0.2, 0.25) is 0 Å². The van der Waals surface area contributed by atoms with Gasteiger partial charge in [-0.05, 0) is 34.1 Å². The average Bonchev–Trinajstić information content (AvgIpc) is 2.17. The smallest absolute Gasteiger partial charge is 0.134 e. The number of rotatable bonds is 3. The molecule has 1 aromatic rings. The minimum absolute atomic E-state index is 0. The van der Waals surface area contributed by atoms with E-state index in [2.05, 4.69) is 15.9 Å². The van der Waals surface area contributed by atoms with E-state index < -0.39 is 0 Å². The molecule has 76 valence electrons. The van der Waals surface area contributed by atoms with Gasteiger partial charge in [-0.25, -0.2) is 0 Å². The Kier molecular flexibility index (Phi) is 6.30. The number of hydrogen-bond donors (Lipinski definition) is 1. The minimum atomic E-state index is 0. The predicted octanol–water partition coefficient (Wildman–Crippen LogP) is 2.08. The predicted molar refractivity (Wildman–Crippen MR) is 60.7 cm³/mol. The van der Waals surface area contributed by atoms with E-state index in [9.17, 15) is 0 Å². The summed E-state index contributed by atoms with van der Waals surface area (Å²) in [6.45, 7) is 0.913. The molecule has 1 aromatic carbocycles. The summed E-state index contributed by atoms with van der Waals surface area (Å²) < 4.78 is 6.14. The zero-order valence-electron chi connectivity index (χ0n) is 7.37. The summed E-state index contributed by atoms with van der Waals surface area (Å²) in [5.41, 5.74) is 5.87. The van der Waals surface area contributed by atoms with Crippen LogP contribution < -0.4 is 10.5 Å². The Hall–Kier alpha value is -0.760. The standard InChI is InChI=1S/C9H9BrN2O.ClH/c10-8-2-1-7(6-12)5-9(8)13-4-3-11;/h1-2,5H,3-4,11H2;1H. The Bertz CT molecular complexity index is 338. The second kappa shape index (κ2) is 6.66. The minimum Gasteiger partial charge on any atom is -0.491 e. The molecule has 0 aromatic heterocycles. The highest BCUT2D eigenvalue weighted by Crippen LogP contribution is 2.25. The maximum atomic E-state index is 8.63. The van der Waals surface area contributed by atoms with Crippen LogP contribution in [0.5, 0.6) is 5.75 Å². The van der Waals surface area contributed by atoms with Gasteiger partial charge in [-0.2, -0.15) is 5.26 Å². The largest absolute Gasteiger partial charge is 0.491 e. The molecule has 0 heterocycles. The first-order valence-corrected chi connectivity index (χ1v) is 4.59. The van der Waals surface area contributed by atoms with Crippen molar-refractivity contribution in [3.8, 4) is 11.8 Å². The maximum Gasteiger partial charge on any atom is 0.134 e. The van der Waals surface area contributed by atoms with Crippen LogP contribution in [0.3, 0.4) is 0 Å². The van der Waals surface area contributed by atoms with Gasteiger partial charge in [-0.1, -0.05) is 0 Å². The number of hydrogen-bond acceptors (Lipinski definition) is 3. The lowest BCUT2D eigenvalue weighted by Gasteiger charge is -2.06. The van der Waals surface area contributed by atoms with Crippen molar-refractivity contribution >= 4 is 28.3 Å². The fraction of sp³-hybridized carbons (Fsp3) is 0.222. The Balaban J connectivity index is 0.00000169. The van der Waals surface area contributed by atoms with Crippen molar-refractivity contribution in [3.63, 3.8) is 0 Å². The third-order valence-electron chi connectivity index (χ3n) is 1.44. The number of halogens is 2. The number of nitriles is 1.